The van der Waals surface area contributed by atoms with Crippen LogP contribution in [-0.4, -0.2) is 40.3 Å². The van der Waals surface area contributed by atoms with Crippen LogP contribution in [0.3, 0.4) is 0 Å². The number of aromatic nitrogens is 1. The average Bonchev–Trinajstić information content (AvgIpc) is 2.71. The zero-order valence-corrected chi connectivity index (χ0v) is 15.0. The lowest BCUT2D eigenvalue weighted by Gasteiger charge is -2.33. The number of hydrogen-bond donors (Lipinski definition) is 1. The van der Waals surface area contributed by atoms with Crippen molar-refractivity contribution in [3.05, 3.63) is 35.0 Å². The number of alkyl halides is 3. The van der Waals surface area contributed by atoms with E-state index >= 15 is 0 Å². The summed E-state index contributed by atoms with van der Waals surface area (Å²) >= 11 is 11.8. The minimum absolute atomic E-state index is 0.0776. The van der Waals surface area contributed by atoms with Crippen LogP contribution in [0.2, 0.25) is 5.02 Å². The first-order valence-corrected chi connectivity index (χ1v) is 8.40. The molecule has 0 bridgehead atoms. The van der Waals surface area contributed by atoms with E-state index in [0.29, 0.717) is 5.56 Å². The van der Waals surface area contributed by atoms with Gasteiger partial charge in [-0.1, -0.05) is 35.4 Å². The van der Waals surface area contributed by atoms with E-state index < -0.39 is 30.2 Å². The number of halogens is 5. The van der Waals surface area contributed by atoms with Crippen molar-refractivity contribution < 1.29 is 22.7 Å². The largest absolute Gasteiger partial charge is 0.467 e. The van der Waals surface area contributed by atoms with Crippen LogP contribution >= 0.6 is 23.2 Å². The Bertz CT molecular complexity index is 799. The first kappa shape index (κ1) is 19.0. The molecule has 1 amide bonds. The second-order valence-corrected chi connectivity index (χ2v) is 7.08. The number of fused-ring (bicyclic) bond motifs is 1. The van der Waals surface area contributed by atoms with Crippen LogP contribution in [0.4, 0.5) is 13.2 Å². The number of amides is 1. The molecule has 2 heterocycles. The highest BCUT2D eigenvalue weighted by Crippen LogP contribution is 2.50. The third-order valence-electron chi connectivity index (χ3n) is 4.68. The van der Waals surface area contributed by atoms with Crippen molar-refractivity contribution >= 4 is 34.3 Å². The van der Waals surface area contributed by atoms with Gasteiger partial charge in [0.05, 0.1) is 17.4 Å². The lowest BCUT2D eigenvalue weighted by atomic mass is 9.70. The highest BCUT2D eigenvalue weighted by Gasteiger charge is 2.57. The molecule has 140 valence electrons. The summed E-state index contributed by atoms with van der Waals surface area (Å²) in [5.41, 5.74) is -0.250. The summed E-state index contributed by atoms with van der Waals surface area (Å²) in [5.74, 6) is -0.958. The van der Waals surface area contributed by atoms with Gasteiger partial charge in [-0.15, -0.1) is 0 Å². The maximum absolute atomic E-state index is 12.6. The Labute approximate surface area is 157 Å². The fraction of sp³-hybridized carbons (Fsp3) is 0.438. The van der Waals surface area contributed by atoms with Gasteiger partial charge in [-0.2, -0.15) is 13.2 Å². The van der Waals surface area contributed by atoms with Crippen molar-refractivity contribution in [3.8, 4) is 5.88 Å². The average molecular weight is 408 g/mol. The molecule has 1 aromatic heterocycles. The Morgan fingerprint density at radius 3 is 2.73 bits per heavy atom. The number of ether oxygens (including phenoxy) is 1. The normalized spacial score (nSPS) is 25.7. The highest BCUT2D eigenvalue weighted by molar-refractivity contribution is 6.66. The highest BCUT2D eigenvalue weighted by atomic mass is 35.5. The third kappa shape index (κ3) is 3.16. The summed E-state index contributed by atoms with van der Waals surface area (Å²) in [4.78, 5) is 18.0. The summed E-state index contributed by atoms with van der Waals surface area (Å²) in [6, 6.07) is 0.981. The van der Waals surface area contributed by atoms with Crippen molar-refractivity contribution in [2.45, 2.75) is 19.1 Å². The summed E-state index contributed by atoms with van der Waals surface area (Å²) in [6.07, 6.45) is 0.287. The number of hydrogen-bond acceptors (Lipinski definition) is 4. The van der Waals surface area contributed by atoms with Gasteiger partial charge in [0.15, 0.2) is 6.61 Å². The number of pyridine rings is 1. The number of likely N-dealkylation sites (tertiary alicyclic amines) is 1. The standard InChI is InChI=1S/C16H14Cl2F3N3O2/c1-8(24-6-15(14(18)22)3-2-10(15)13(24)25)9-4-11(17)12(23-5-9)26-7-16(19,20)21/h2-5,8,10,22H,6-7H2,1H3. The Hall–Kier alpha value is -1.80. The van der Waals surface area contributed by atoms with Crippen LogP contribution < -0.4 is 4.74 Å². The first-order chi connectivity index (χ1) is 12.0. The Morgan fingerprint density at radius 2 is 2.27 bits per heavy atom. The molecule has 3 atom stereocenters. The molecule has 1 aliphatic carbocycles. The van der Waals surface area contributed by atoms with E-state index in [1.807, 2.05) is 0 Å². The summed E-state index contributed by atoms with van der Waals surface area (Å²) in [5, 5.41) is 7.57. The van der Waals surface area contributed by atoms with E-state index in [-0.39, 0.29) is 28.5 Å². The number of nitrogens with one attached hydrogen (secondary N) is 1. The molecule has 1 N–H and O–H groups in total. The van der Waals surface area contributed by atoms with Gasteiger partial charge < -0.3 is 9.64 Å². The molecule has 10 heteroatoms. The van der Waals surface area contributed by atoms with Gasteiger partial charge in [-0.25, -0.2) is 4.98 Å². The Balaban J connectivity index is 1.77. The van der Waals surface area contributed by atoms with Gasteiger partial charge in [-0.05, 0) is 18.6 Å². The van der Waals surface area contributed by atoms with Gasteiger partial charge in [0.25, 0.3) is 0 Å². The number of carbonyl (C=O) groups is 1. The molecule has 26 heavy (non-hydrogen) atoms. The van der Waals surface area contributed by atoms with Crippen molar-refractivity contribution in [1.29, 1.82) is 5.41 Å². The van der Waals surface area contributed by atoms with E-state index in [0.717, 1.165) is 0 Å². The van der Waals surface area contributed by atoms with Gasteiger partial charge in [-0.3, -0.25) is 10.2 Å². The van der Waals surface area contributed by atoms with E-state index in [2.05, 4.69) is 9.72 Å². The number of carbonyl (C=O) groups excluding carboxylic acids is 1. The van der Waals surface area contributed by atoms with E-state index in [9.17, 15) is 18.0 Å². The number of nitrogens with zero attached hydrogens (tertiary/aromatic N) is 2. The van der Waals surface area contributed by atoms with Crippen molar-refractivity contribution in [3.63, 3.8) is 0 Å². The quantitative estimate of drug-likeness (QED) is 0.593. The molecule has 1 saturated heterocycles. The maximum atomic E-state index is 12.6. The number of rotatable bonds is 5. The fourth-order valence-corrected chi connectivity index (χ4v) is 3.60. The predicted octanol–water partition coefficient (Wildman–Crippen LogP) is 3.97. The molecule has 1 fully saturated rings. The molecular formula is C16H14Cl2F3N3O2. The van der Waals surface area contributed by atoms with Gasteiger partial charge in [0.2, 0.25) is 11.8 Å². The molecule has 0 spiro atoms. The molecule has 1 aliphatic heterocycles. The molecule has 3 unspecified atom stereocenters. The second kappa shape index (κ2) is 6.42. The van der Waals surface area contributed by atoms with Gasteiger partial charge in [0.1, 0.15) is 10.2 Å². The van der Waals surface area contributed by atoms with Gasteiger partial charge in [0, 0.05) is 12.7 Å². The van der Waals surface area contributed by atoms with Crippen LogP contribution in [0, 0.1) is 16.7 Å². The lowest BCUT2D eigenvalue weighted by Crippen LogP contribution is -2.39. The second-order valence-electron chi connectivity index (χ2n) is 6.29. The Morgan fingerprint density at radius 1 is 1.58 bits per heavy atom. The van der Waals surface area contributed by atoms with Gasteiger partial charge >= 0.3 is 6.18 Å². The third-order valence-corrected chi connectivity index (χ3v) is 5.30. The van der Waals surface area contributed by atoms with Crippen molar-refractivity contribution in [1.82, 2.24) is 9.88 Å². The molecule has 5 nitrogen and oxygen atoms in total. The lowest BCUT2D eigenvalue weighted by molar-refractivity contribution is -0.154. The summed E-state index contributed by atoms with van der Waals surface area (Å²) in [6.45, 7) is 0.505. The van der Waals surface area contributed by atoms with Crippen LogP contribution in [0.25, 0.3) is 0 Å². The SMILES string of the molecule is CC(c1cnc(OCC(F)(F)F)c(Cl)c1)N1CC2(C(=N)Cl)C=CC2C1=O. The fourth-order valence-electron chi connectivity index (χ4n) is 3.13. The Kier molecular flexibility index (Phi) is 4.69. The van der Waals surface area contributed by atoms with E-state index in [1.54, 1.807) is 24.0 Å². The maximum Gasteiger partial charge on any atom is 0.422 e. The minimum Gasteiger partial charge on any atom is -0.467 e. The van der Waals surface area contributed by atoms with Crippen LogP contribution in [0.1, 0.15) is 18.5 Å². The first-order valence-electron chi connectivity index (χ1n) is 7.64. The molecule has 1 aromatic rings. The summed E-state index contributed by atoms with van der Waals surface area (Å²) < 4.78 is 41.3. The van der Waals surface area contributed by atoms with E-state index in [1.165, 1.54) is 12.3 Å². The molecule has 0 saturated carbocycles. The van der Waals surface area contributed by atoms with Crippen LogP contribution in [0.5, 0.6) is 5.88 Å². The zero-order valence-electron chi connectivity index (χ0n) is 13.5. The van der Waals surface area contributed by atoms with Crippen LogP contribution in [0.15, 0.2) is 24.4 Å². The van der Waals surface area contributed by atoms with Crippen molar-refractivity contribution in [2.24, 2.45) is 11.3 Å². The minimum atomic E-state index is -4.49. The predicted molar refractivity (Wildman–Crippen MR) is 89.6 cm³/mol. The zero-order chi connectivity index (χ0) is 19.3. The van der Waals surface area contributed by atoms with Crippen molar-refractivity contribution in [2.75, 3.05) is 13.2 Å². The molecule has 2 aliphatic rings. The monoisotopic (exact) mass is 407 g/mol. The topological polar surface area (TPSA) is 66.3 Å². The van der Waals surface area contributed by atoms with Crippen LogP contribution in [-0.2, 0) is 4.79 Å². The smallest absolute Gasteiger partial charge is 0.422 e. The molecular weight excluding hydrogens is 394 g/mol. The van der Waals surface area contributed by atoms with E-state index in [4.69, 9.17) is 28.6 Å². The summed E-state index contributed by atoms with van der Waals surface area (Å²) in [7, 11) is 0. The molecule has 0 aromatic carbocycles. The molecule has 3 rings (SSSR count). The molecule has 0 radical (unpaired) electrons.